The summed E-state index contributed by atoms with van der Waals surface area (Å²) in [4.78, 5) is 12.8. The van der Waals surface area contributed by atoms with Gasteiger partial charge >= 0.3 is 0 Å². The van der Waals surface area contributed by atoms with Crippen molar-refractivity contribution in [2.45, 2.75) is 50.2 Å². The molecule has 0 bridgehead atoms. The van der Waals surface area contributed by atoms with E-state index in [9.17, 15) is 8.42 Å². The van der Waals surface area contributed by atoms with Crippen LogP contribution >= 0.6 is 0 Å². The van der Waals surface area contributed by atoms with E-state index in [2.05, 4.69) is 26.7 Å². The highest BCUT2D eigenvalue weighted by atomic mass is 32.2. The normalized spacial score (nSPS) is 15.9. The van der Waals surface area contributed by atoms with Gasteiger partial charge in [-0.1, -0.05) is 68.1 Å². The third kappa shape index (κ3) is 8.04. The van der Waals surface area contributed by atoms with E-state index >= 15 is 0 Å². The minimum Gasteiger partial charge on any atom is -0.497 e. The molecule has 4 aromatic rings. The number of ether oxygens (including phenoxy) is 1. The summed E-state index contributed by atoms with van der Waals surface area (Å²) in [5.74, 6) is 0.858. The Morgan fingerprint density at radius 3 is 2.27 bits per heavy atom. The highest BCUT2D eigenvalue weighted by Gasteiger charge is 2.20. The standard InChI is InChI=1S/C28H30N4O4S.C4H8.H2/c1-35-26-14-10-22(11-15-26)19-31-17-4-18-32(21-31)36-20-23-8-12-25(13-9-23)30-37(33,34)27-7-2-5-24-6-3-16-29-28(24)27;1-2-4-3-1;/h2-3,5-16,30H,4,17-21H2,1H3;1-4H2;1H. The predicted molar refractivity (Wildman–Crippen MR) is 164 cm³/mol. The summed E-state index contributed by atoms with van der Waals surface area (Å²) < 4.78 is 34.0. The first-order valence-corrected chi connectivity index (χ1v) is 15.7. The SMILES string of the molecule is C1CCC1.COc1ccc(CN2CCCN(OCc3ccc(NS(=O)(=O)c4cccc5cccnc45)cc3)C2)cc1.[HH]. The Morgan fingerprint density at radius 1 is 0.854 bits per heavy atom. The summed E-state index contributed by atoms with van der Waals surface area (Å²) in [6.45, 7) is 3.88. The van der Waals surface area contributed by atoms with Crippen molar-refractivity contribution >= 4 is 26.6 Å². The summed E-state index contributed by atoms with van der Waals surface area (Å²) in [6, 6.07) is 24.2. The molecule has 2 heterocycles. The van der Waals surface area contributed by atoms with Crippen molar-refractivity contribution in [1.82, 2.24) is 14.9 Å². The van der Waals surface area contributed by atoms with E-state index in [-0.39, 0.29) is 6.32 Å². The third-order valence-electron chi connectivity index (χ3n) is 7.31. The maximum absolute atomic E-state index is 13.0. The topological polar surface area (TPSA) is 84.0 Å². The molecule has 218 valence electrons. The lowest BCUT2D eigenvalue weighted by Crippen LogP contribution is -2.44. The van der Waals surface area contributed by atoms with Crippen molar-refractivity contribution in [3.05, 3.63) is 96.2 Å². The summed E-state index contributed by atoms with van der Waals surface area (Å²) in [7, 11) is -2.11. The molecule has 0 unspecified atom stereocenters. The minimum absolute atomic E-state index is 0. The molecule has 41 heavy (non-hydrogen) atoms. The number of hydrogen-bond donors (Lipinski definition) is 1. The predicted octanol–water partition coefficient (Wildman–Crippen LogP) is 6.45. The van der Waals surface area contributed by atoms with Gasteiger partial charge in [0.1, 0.15) is 10.6 Å². The summed E-state index contributed by atoms with van der Waals surface area (Å²) in [6.07, 6.45) is 8.62. The number of anilines is 1. The van der Waals surface area contributed by atoms with Crippen LogP contribution in [0.4, 0.5) is 5.69 Å². The molecule has 0 spiro atoms. The number of nitrogens with zero attached hydrogens (tertiary/aromatic N) is 3. The second-order valence-electron chi connectivity index (χ2n) is 10.4. The lowest BCUT2D eigenvalue weighted by atomic mass is 10.0. The van der Waals surface area contributed by atoms with Gasteiger partial charge in [0, 0.05) is 38.3 Å². The fourth-order valence-corrected chi connectivity index (χ4v) is 5.89. The molecule has 0 radical (unpaired) electrons. The summed E-state index contributed by atoms with van der Waals surface area (Å²) in [5, 5.41) is 2.76. The van der Waals surface area contributed by atoms with Crippen molar-refractivity contribution in [2.24, 2.45) is 0 Å². The Morgan fingerprint density at radius 2 is 1.56 bits per heavy atom. The number of methoxy groups -OCH3 is 1. The minimum atomic E-state index is -3.78. The first kappa shape index (κ1) is 29.0. The Hall–Kier alpha value is -3.50. The molecule has 8 nitrogen and oxygen atoms in total. The Kier molecular flexibility index (Phi) is 9.84. The van der Waals surface area contributed by atoms with Crippen LogP contribution in [-0.4, -0.2) is 50.2 Å². The van der Waals surface area contributed by atoms with E-state index in [1.165, 1.54) is 31.2 Å². The molecular formula is C32H40N4O4S. The molecule has 2 fully saturated rings. The molecule has 1 aliphatic heterocycles. The van der Waals surface area contributed by atoms with Crippen LogP contribution in [0.2, 0.25) is 0 Å². The van der Waals surface area contributed by atoms with Crippen molar-refractivity contribution in [3.8, 4) is 5.75 Å². The van der Waals surface area contributed by atoms with Gasteiger partial charge in [-0.3, -0.25) is 19.4 Å². The number of hydroxylamine groups is 2. The lowest BCUT2D eigenvalue weighted by molar-refractivity contribution is -0.207. The maximum atomic E-state index is 13.0. The second kappa shape index (κ2) is 13.9. The van der Waals surface area contributed by atoms with E-state index in [1.54, 1.807) is 43.6 Å². The van der Waals surface area contributed by atoms with E-state index in [1.807, 2.05) is 41.5 Å². The molecule has 1 N–H and O–H groups in total. The van der Waals surface area contributed by atoms with Crippen molar-refractivity contribution in [1.29, 1.82) is 0 Å². The molecule has 2 aliphatic rings. The Labute approximate surface area is 244 Å². The molecule has 6 rings (SSSR count). The van der Waals surface area contributed by atoms with Gasteiger partial charge in [-0.05, 0) is 53.9 Å². The van der Waals surface area contributed by atoms with Gasteiger partial charge in [0.15, 0.2) is 0 Å². The monoisotopic (exact) mass is 576 g/mol. The average Bonchev–Trinajstić information content (AvgIpc) is 2.96. The molecule has 0 amide bonds. The number of hydrogen-bond acceptors (Lipinski definition) is 7. The molecule has 9 heteroatoms. The fraction of sp³-hybridized carbons (Fsp3) is 0.344. The average molecular weight is 577 g/mol. The largest absolute Gasteiger partial charge is 0.497 e. The molecule has 0 atom stereocenters. The van der Waals surface area contributed by atoms with Gasteiger partial charge in [0.05, 0.1) is 25.9 Å². The first-order valence-electron chi connectivity index (χ1n) is 14.2. The molecule has 1 aromatic heterocycles. The van der Waals surface area contributed by atoms with Gasteiger partial charge in [-0.15, -0.1) is 0 Å². The Balaban J connectivity index is 0.000000747. The quantitative estimate of drug-likeness (QED) is 0.245. The van der Waals surface area contributed by atoms with Crippen LogP contribution in [0.3, 0.4) is 0 Å². The number of aromatic nitrogens is 1. The maximum Gasteiger partial charge on any atom is 0.264 e. The number of para-hydroxylation sites is 1. The van der Waals surface area contributed by atoms with Crippen LogP contribution in [0.1, 0.15) is 44.7 Å². The number of nitrogens with one attached hydrogen (secondary N) is 1. The van der Waals surface area contributed by atoms with Crippen LogP contribution in [-0.2, 0) is 28.0 Å². The molecular weight excluding hydrogens is 536 g/mol. The van der Waals surface area contributed by atoms with Crippen molar-refractivity contribution in [3.63, 3.8) is 0 Å². The van der Waals surface area contributed by atoms with E-state index in [4.69, 9.17) is 9.57 Å². The zero-order chi connectivity index (χ0) is 28.5. The number of pyridine rings is 1. The summed E-state index contributed by atoms with van der Waals surface area (Å²) in [5.41, 5.74) is 3.13. The highest BCUT2D eigenvalue weighted by Crippen LogP contribution is 2.24. The van der Waals surface area contributed by atoms with Gasteiger partial charge in [0.2, 0.25) is 0 Å². The third-order valence-corrected chi connectivity index (χ3v) is 8.72. The van der Waals surface area contributed by atoms with Crippen LogP contribution < -0.4 is 9.46 Å². The van der Waals surface area contributed by atoms with Crippen LogP contribution in [0, 0.1) is 0 Å². The van der Waals surface area contributed by atoms with Gasteiger partial charge in [-0.2, -0.15) is 5.06 Å². The molecule has 3 aromatic carbocycles. The smallest absolute Gasteiger partial charge is 0.264 e. The second-order valence-corrected chi connectivity index (χ2v) is 12.1. The van der Waals surface area contributed by atoms with Crippen LogP contribution in [0.25, 0.3) is 10.9 Å². The summed E-state index contributed by atoms with van der Waals surface area (Å²) >= 11 is 0. The van der Waals surface area contributed by atoms with E-state index < -0.39 is 10.0 Å². The lowest BCUT2D eigenvalue weighted by Gasteiger charge is -2.34. The van der Waals surface area contributed by atoms with Crippen molar-refractivity contribution in [2.75, 3.05) is 31.6 Å². The van der Waals surface area contributed by atoms with Crippen molar-refractivity contribution < 1.29 is 19.4 Å². The van der Waals surface area contributed by atoms with Crippen LogP contribution in [0.15, 0.2) is 90.0 Å². The first-order chi connectivity index (χ1) is 20.0. The zero-order valence-corrected chi connectivity index (χ0v) is 24.4. The number of sulfonamides is 1. The number of benzene rings is 3. The van der Waals surface area contributed by atoms with Gasteiger partial charge < -0.3 is 4.74 Å². The Bertz CT molecular complexity index is 1500. The number of rotatable bonds is 9. The van der Waals surface area contributed by atoms with Gasteiger partial charge in [0.25, 0.3) is 10.0 Å². The zero-order valence-electron chi connectivity index (χ0n) is 23.5. The molecule has 1 saturated carbocycles. The van der Waals surface area contributed by atoms with Gasteiger partial charge in [-0.25, -0.2) is 8.42 Å². The van der Waals surface area contributed by atoms with Crippen LogP contribution in [0.5, 0.6) is 5.75 Å². The highest BCUT2D eigenvalue weighted by molar-refractivity contribution is 7.93. The van der Waals surface area contributed by atoms with E-state index in [0.29, 0.717) is 17.8 Å². The number of fused-ring (bicyclic) bond motifs is 1. The van der Waals surface area contributed by atoms with E-state index in [0.717, 1.165) is 49.4 Å². The molecule has 1 saturated heterocycles. The molecule has 1 aliphatic carbocycles. The fourth-order valence-electron chi connectivity index (χ4n) is 4.65.